The molecule has 2 rings (SSSR count). The molecule has 0 unspecified atom stereocenters. The minimum absolute atomic E-state index is 0.0509. The highest BCUT2D eigenvalue weighted by molar-refractivity contribution is 5.85. The van der Waals surface area contributed by atoms with Gasteiger partial charge in [0.15, 0.2) is 0 Å². The molecule has 0 atom stereocenters. The first kappa shape index (κ1) is 11.8. The number of halogens is 1. The molecule has 1 heterocycles. The molecule has 1 N–H and O–H groups in total. The lowest BCUT2D eigenvalue weighted by atomic mass is 10.1. The molecule has 1 aromatic heterocycles. The van der Waals surface area contributed by atoms with Crippen LogP contribution in [-0.4, -0.2) is 16.0 Å². The van der Waals surface area contributed by atoms with Gasteiger partial charge in [-0.05, 0) is 18.2 Å². The minimum Gasteiger partial charge on any atom is -0.475 e. The maximum absolute atomic E-state index is 13.2. The lowest BCUT2D eigenvalue weighted by Crippen LogP contribution is -1.92. The molecule has 0 radical (unpaired) electrons. The zero-order chi connectivity index (χ0) is 13.3. The molecule has 92 valence electrons. The number of carboxylic acid groups (broad SMARTS) is 1. The summed E-state index contributed by atoms with van der Waals surface area (Å²) in [5.41, 5.74) is -0.326. The Kier molecular flexibility index (Phi) is 2.80. The molecule has 7 heteroatoms. The summed E-state index contributed by atoms with van der Waals surface area (Å²) in [6, 6.07) is 5.39. The molecular formula is C11H6FNO5. The van der Waals surface area contributed by atoms with Gasteiger partial charge in [-0.25, -0.2) is 9.18 Å². The number of benzene rings is 1. The van der Waals surface area contributed by atoms with Crippen molar-refractivity contribution < 1.29 is 23.6 Å². The van der Waals surface area contributed by atoms with Crippen molar-refractivity contribution >= 4 is 11.7 Å². The molecule has 0 aliphatic carbocycles. The Labute approximate surface area is 99.4 Å². The molecule has 0 fully saturated rings. The summed E-state index contributed by atoms with van der Waals surface area (Å²) in [6.45, 7) is 0. The first-order valence-electron chi connectivity index (χ1n) is 4.76. The highest BCUT2D eigenvalue weighted by Crippen LogP contribution is 2.27. The zero-order valence-electron chi connectivity index (χ0n) is 8.79. The van der Waals surface area contributed by atoms with E-state index in [0.29, 0.717) is 0 Å². The van der Waals surface area contributed by atoms with Gasteiger partial charge in [0.25, 0.3) is 5.69 Å². The molecule has 6 nitrogen and oxygen atoms in total. The predicted molar refractivity (Wildman–Crippen MR) is 57.7 cm³/mol. The Morgan fingerprint density at radius 3 is 2.61 bits per heavy atom. The average Bonchev–Trinajstić information content (AvgIpc) is 2.77. The van der Waals surface area contributed by atoms with Crippen molar-refractivity contribution in [2.24, 2.45) is 0 Å². The number of aromatic carboxylic acids is 1. The summed E-state index contributed by atoms with van der Waals surface area (Å²) in [4.78, 5) is 20.4. The third-order valence-corrected chi connectivity index (χ3v) is 2.19. The van der Waals surface area contributed by atoms with Gasteiger partial charge in [-0.15, -0.1) is 0 Å². The van der Waals surface area contributed by atoms with E-state index in [-0.39, 0.29) is 17.1 Å². The fourth-order valence-electron chi connectivity index (χ4n) is 1.43. The van der Waals surface area contributed by atoms with Gasteiger partial charge in [-0.1, -0.05) is 0 Å². The second kappa shape index (κ2) is 4.28. The normalized spacial score (nSPS) is 10.3. The van der Waals surface area contributed by atoms with Crippen molar-refractivity contribution in [3.05, 3.63) is 52.0 Å². The molecule has 0 saturated carbocycles. The molecule has 0 amide bonds. The second-order valence-electron chi connectivity index (χ2n) is 3.42. The molecule has 1 aromatic carbocycles. The molecular weight excluding hydrogens is 245 g/mol. The molecule has 0 spiro atoms. The smallest absolute Gasteiger partial charge is 0.371 e. The van der Waals surface area contributed by atoms with E-state index in [1.807, 2.05) is 0 Å². The Morgan fingerprint density at radius 1 is 1.33 bits per heavy atom. The largest absolute Gasteiger partial charge is 0.475 e. The summed E-state index contributed by atoms with van der Waals surface area (Å²) in [7, 11) is 0. The SMILES string of the molecule is O=C(O)c1ccc(-c2cc(F)cc([N+](=O)[O-])c2)o1. The Bertz CT molecular complexity index is 634. The lowest BCUT2D eigenvalue weighted by molar-refractivity contribution is -0.385. The third kappa shape index (κ3) is 2.19. The van der Waals surface area contributed by atoms with Gasteiger partial charge in [0, 0.05) is 11.6 Å². The van der Waals surface area contributed by atoms with E-state index in [4.69, 9.17) is 9.52 Å². The summed E-state index contributed by atoms with van der Waals surface area (Å²) in [6.07, 6.45) is 0. The van der Waals surface area contributed by atoms with Crippen LogP contribution in [0.25, 0.3) is 11.3 Å². The van der Waals surface area contributed by atoms with E-state index >= 15 is 0 Å². The monoisotopic (exact) mass is 251 g/mol. The van der Waals surface area contributed by atoms with Gasteiger partial charge in [0.2, 0.25) is 5.76 Å². The second-order valence-corrected chi connectivity index (χ2v) is 3.42. The van der Waals surface area contributed by atoms with Gasteiger partial charge < -0.3 is 9.52 Å². The van der Waals surface area contributed by atoms with Crippen LogP contribution in [0.1, 0.15) is 10.6 Å². The van der Waals surface area contributed by atoms with E-state index < -0.39 is 22.4 Å². The highest BCUT2D eigenvalue weighted by Gasteiger charge is 2.15. The molecule has 2 aromatic rings. The van der Waals surface area contributed by atoms with Gasteiger partial charge in [0.1, 0.15) is 11.6 Å². The maximum atomic E-state index is 13.2. The standard InChI is InChI=1S/C11H6FNO5/c12-7-3-6(4-8(5-7)13(16)17)9-1-2-10(18-9)11(14)15/h1-5H,(H,14,15). The van der Waals surface area contributed by atoms with E-state index in [1.165, 1.54) is 12.1 Å². The summed E-state index contributed by atoms with van der Waals surface area (Å²) >= 11 is 0. The van der Waals surface area contributed by atoms with Crippen LogP contribution in [0.5, 0.6) is 0 Å². The van der Waals surface area contributed by atoms with E-state index in [2.05, 4.69) is 0 Å². The first-order valence-corrected chi connectivity index (χ1v) is 4.76. The number of nitro benzene ring substituents is 1. The number of non-ortho nitro benzene ring substituents is 1. The van der Waals surface area contributed by atoms with Crippen LogP contribution in [0, 0.1) is 15.9 Å². The topological polar surface area (TPSA) is 93.6 Å². The number of hydrogen-bond acceptors (Lipinski definition) is 4. The van der Waals surface area contributed by atoms with Crippen LogP contribution in [0.4, 0.5) is 10.1 Å². The van der Waals surface area contributed by atoms with Crippen molar-refractivity contribution in [2.75, 3.05) is 0 Å². The van der Waals surface area contributed by atoms with E-state index in [0.717, 1.165) is 18.2 Å². The number of carbonyl (C=O) groups is 1. The van der Waals surface area contributed by atoms with Crippen LogP contribution in [0.15, 0.2) is 34.7 Å². The number of hydrogen-bond donors (Lipinski definition) is 1. The van der Waals surface area contributed by atoms with Gasteiger partial charge in [-0.2, -0.15) is 0 Å². The number of furan rings is 1. The van der Waals surface area contributed by atoms with Crippen molar-refractivity contribution in [2.45, 2.75) is 0 Å². The molecule has 0 aliphatic heterocycles. The molecule has 18 heavy (non-hydrogen) atoms. The van der Waals surface area contributed by atoms with Crippen molar-refractivity contribution in [3.8, 4) is 11.3 Å². The first-order chi connectivity index (χ1) is 8.47. The molecule has 0 saturated heterocycles. The maximum Gasteiger partial charge on any atom is 0.371 e. The molecule has 0 aliphatic rings. The van der Waals surface area contributed by atoms with Crippen LogP contribution in [-0.2, 0) is 0 Å². The Hall–Kier alpha value is -2.70. The predicted octanol–water partition coefficient (Wildman–Crippen LogP) is 2.69. The van der Waals surface area contributed by atoms with Gasteiger partial charge in [-0.3, -0.25) is 10.1 Å². The zero-order valence-corrected chi connectivity index (χ0v) is 8.79. The fourth-order valence-corrected chi connectivity index (χ4v) is 1.43. The fraction of sp³-hybridized carbons (Fsp3) is 0. The quantitative estimate of drug-likeness (QED) is 0.668. The van der Waals surface area contributed by atoms with Crippen LogP contribution in [0.3, 0.4) is 0 Å². The Morgan fingerprint density at radius 2 is 2.06 bits per heavy atom. The van der Waals surface area contributed by atoms with Crippen LogP contribution >= 0.6 is 0 Å². The van der Waals surface area contributed by atoms with Crippen LogP contribution in [0.2, 0.25) is 0 Å². The average molecular weight is 251 g/mol. The van der Waals surface area contributed by atoms with Crippen molar-refractivity contribution in [1.29, 1.82) is 0 Å². The summed E-state index contributed by atoms with van der Waals surface area (Å²) in [5.74, 6) is -2.34. The Balaban J connectivity index is 2.49. The minimum atomic E-state index is -1.27. The third-order valence-electron chi connectivity index (χ3n) is 2.19. The van der Waals surface area contributed by atoms with E-state index in [1.54, 1.807) is 0 Å². The number of nitro groups is 1. The van der Waals surface area contributed by atoms with Crippen molar-refractivity contribution in [3.63, 3.8) is 0 Å². The molecule has 0 bridgehead atoms. The van der Waals surface area contributed by atoms with E-state index in [9.17, 15) is 19.3 Å². The summed E-state index contributed by atoms with van der Waals surface area (Å²) < 4.78 is 18.1. The lowest BCUT2D eigenvalue weighted by Gasteiger charge is -1.98. The number of carboxylic acids is 1. The highest BCUT2D eigenvalue weighted by atomic mass is 19.1. The van der Waals surface area contributed by atoms with Crippen LogP contribution < -0.4 is 0 Å². The van der Waals surface area contributed by atoms with Gasteiger partial charge >= 0.3 is 5.97 Å². The number of rotatable bonds is 3. The summed E-state index contributed by atoms with van der Waals surface area (Å²) in [5, 5.41) is 19.2. The van der Waals surface area contributed by atoms with Crippen molar-refractivity contribution in [1.82, 2.24) is 0 Å². The van der Waals surface area contributed by atoms with Gasteiger partial charge in [0.05, 0.1) is 11.0 Å². The number of nitrogens with zero attached hydrogens (tertiary/aromatic N) is 1.